The first-order chi connectivity index (χ1) is 9.86. The zero-order valence-corrected chi connectivity index (χ0v) is 14.1. The van der Waals surface area contributed by atoms with Crippen LogP contribution in [0.25, 0.3) is 0 Å². The van der Waals surface area contributed by atoms with Gasteiger partial charge in [-0.2, -0.15) is 13.2 Å². The van der Waals surface area contributed by atoms with E-state index in [4.69, 9.17) is 5.73 Å². The minimum atomic E-state index is -4.61. The van der Waals surface area contributed by atoms with Crippen LogP contribution in [-0.2, 0) is 12.7 Å². The Kier molecular flexibility index (Phi) is 6.89. The molecule has 0 aliphatic heterocycles. The van der Waals surface area contributed by atoms with Crippen LogP contribution in [0, 0.1) is 5.82 Å². The molecule has 0 heterocycles. The van der Waals surface area contributed by atoms with E-state index >= 15 is 0 Å². The maximum absolute atomic E-state index is 13.0. The van der Waals surface area contributed by atoms with Gasteiger partial charge in [-0.05, 0) is 30.5 Å². The molecule has 1 aromatic rings. The summed E-state index contributed by atoms with van der Waals surface area (Å²) in [6, 6.07) is 2.79. The lowest BCUT2D eigenvalue weighted by molar-refractivity contribution is -0.138. The fraction of sp³-hybridized carbons (Fsp3) is 0.500. The quantitative estimate of drug-likeness (QED) is 0.331. The Morgan fingerprint density at radius 3 is 2.50 bits per heavy atom. The summed E-state index contributed by atoms with van der Waals surface area (Å²) in [6.07, 6.45) is -0.413. The van der Waals surface area contributed by atoms with Gasteiger partial charge in [0.15, 0.2) is 5.96 Å². The normalized spacial score (nSPS) is 16.5. The predicted molar refractivity (Wildman–Crippen MR) is 87.5 cm³/mol. The number of nitrogens with one attached hydrogen (secondary N) is 1. The van der Waals surface area contributed by atoms with Crippen LogP contribution in [0.4, 0.5) is 17.6 Å². The number of nitrogens with two attached hydrogens (primary N) is 1. The van der Waals surface area contributed by atoms with Crippen molar-refractivity contribution in [2.45, 2.75) is 44.4 Å². The lowest BCUT2D eigenvalue weighted by Gasteiger charge is -2.14. The number of aliphatic imine (C=N–C) groups is 1. The van der Waals surface area contributed by atoms with Crippen molar-refractivity contribution in [1.29, 1.82) is 0 Å². The molecule has 1 aliphatic rings. The summed E-state index contributed by atoms with van der Waals surface area (Å²) < 4.78 is 51.4. The summed E-state index contributed by atoms with van der Waals surface area (Å²) in [7, 11) is 0. The van der Waals surface area contributed by atoms with E-state index in [1.165, 1.54) is 0 Å². The maximum atomic E-state index is 13.0. The van der Waals surface area contributed by atoms with Gasteiger partial charge in [-0.25, -0.2) is 9.38 Å². The highest BCUT2D eigenvalue weighted by molar-refractivity contribution is 14.0. The summed E-state index contributed by atoms with van der Waals surface area (Å²) in [5.74, 6) is -0.800. The van der Waals surface area contributed by atoms with Gasteiger partial charge in [-0.1, -0.05) is 18.9 Å². The molecule has 3 nitrogen and oxygen atoms in total. The van der Waals surface area contributed by atoms with Gasteiger partial charge in [0.1, 0.15) is 5.82 Å². The van der Waals surface area contributed by atoms with E-state index < -0.39 is 17.6 Å². The second-order valence-corrected chi connectivity index (χ2v) is 5.13. The van der Waals surface area contributed by atoms with Crippen molar-refractivity contribution in [1.82, 2.24) is 5.32 Å². The maximum Gasteiger partial charge on any atom is 0.416 e. The molecular weight excluding hydrogens is 413 g/mol. The number of hydrogen-bond acceptors (Lipinski definition) is 1. The lowest BCUT2D eigenvalue weighted by atomic mass is 10.1. The number of halogens is 5. The van der Waals surface area contributed by atoms with Crippen molar-refractivity contribution in [2.75, 3.05) is 0 Å². The second kappa shape index (κ2) is 7.98. The van der Waals surface area contributed by atoms with Crippen molar-refractivity contribution < 1.29 is 17.6 Å². The van der Waals surface area contributed by atoms with Gasteiger partial charge < -0.3 is 11.1 Å². The third-order valence-electron chi connectivity index (χ3n) is 3.50. The van der Waals surface area contributed by atoms with Crippen LogP contribution in [0.15, 0.2) is 23.2 Å². The number of rotatable bonds is 3. The average molecular weight is 431 g/mol. The van der Waals surface area contributed by atoms with E-state index in [-0.39, 0.29) is 48.1 Å². The highest BCUT2D eigenvalue weighted by Crippen LogP contribution is 2.32. The monoisotopic (exact) mass is 431 g/mol. The molecular formula is C14H18F4IN3. The van der Waals surface area contributed by atoms with Crippen LogP contribution in [-0.4, -0.2) is 12.0 Å². The molecule has 0 saturated heterocycles. The molecule has 1 saturated carbocycles. The molecule has 2 rings (SSSR count). The fourth-order valence-corrected chi connectivity index (χ4v) is 2.45. The molecule has 1 aromatic carbocycles. The summed E-state index contributed by atoms with van der Waals surface area (Å²) in [6.45, 7) is -0.235. The number of hydrogen-bond donors (Lipinski definition) is 2. The van der Waals surface area contributed by atoms with Crippen molar-refractivity contribution in [3.63, 3.8) is 0 Å². The predicted octanol–water partition coefficient (Wildman–Crippen LogP) is 3.81. The Hall–Kier alpha value is -1.06. The topological polar surface area (TPSA) is 50.4 Å². The number of alkyl halides is 3. The van der Waals surface area contributed by atoms with E-state index in [1.54, 1.807) is 0 Å². The van der Waals surface area contributed by atoms with Gasteiger partial charge in [0.25, 0.3) is 0 Å². The van der Waals surface area contributed by atoms with Crippen LogP contribution in [0.2, 0.25) is 0 Å². The molecule has 1 fully saturated rings. The van der Waals surface area contributed by atoms with Crippen molar-refractivity contribution in [2.24, 2.45) is 10.7 Å². The van der Waals surface area contributed by atoms with Crippen LogP contribution in [0.3, 0.4) is 0 Å². The molecule has 0 radical (unpaired) electrons. The summed E-state index contributed by atoms with van der Waals surface area (Å²) in [4.78, 5) is 3.92. The third kappa shape index (κ3) is 5.29. The van der Waals surface area contributed by atoms with Crippen molar-refractivity contribution in [3.05, 3.63) is 35.1 Å². The van der Waals surface area contributed by atoms with Crippen molar-refractivity contribution >= 4 is 29.9 Å². The largest absolute Gasteiger partial charge is 0.416 e. The molecule has 0 aromatic heterocycles. The lowest BCUT2D eigenvalue weighted by Crippen LogP contribution is -2.38. The van der Waals surface area contributed by atoms with Crippen molar-refractivity contribution in [3.8, 4) is 0 Å². The number of guanidine groups is 1. The molecule has 0 bridgehead atoms. The molecule has 0 atom stereocenters. The van der Waals surface area contributed by atoms with Gasteiger partial charge in [-0.3, -0.25) is 0 Å². The molecule has 0 unspecified atom stereocenters. The smallest absolute Gasteiger partial charge is 0.370 e. The van der Waals surface area contributed by atoms with E-state index in [0.29, 0.717) is 6.07 Å². The minimum Gasteiger partial charge on any atom is -0.370 e. The Bertz CT molecular complexity index is 525. The van der Waals surface area contributed by atoms with Crippen LogP contribution >= 0.6 is 24.0 Å². The summed E-state index contributed by atoms with van der Waals surface area (Å²) in [5.41, 5.74) is 4.56. The molecule has 22 heavy (non-hydrogen) atoms. The zero-order chi connectivity index (χ0) is 15.5. The molecule has 0 spiro atoms. The Morgan fingerprint density at radius 2 is 1.91 bits per heavy atom. The fourth-order valence-electron chi connectivity index (χ4n) is 2.45. The molecule has 124 valence electrons. The van der Waals surface area contributed by atoms with E-state index in [0.717, 1.165) is 37.8 Å². The second-order valence-electron chi connectivity index (χ2n) is 5.13. The van der Waals surface area contributed by atoms with Gasteiger partial charge >= 0.3 is 6.18 Å². The summed E-state index contributed by atoms with van der Waals surface area (Å²) >= 11 is 0. The standard InChI is InChI=1S/C14H17F4N3.HI/c15-10-6-5-9(12(7-10)14(16,17)18)8-20-13(19)21-11-3-1-2-4-11;/h5-7,11H,1-4,8H2,(H3,19,20,21);1H. The SMILES string of the molecule is I.NC(=NCc1ccc(F)cc1C(F)(F)F)NC1CCCC1. The van der Waals surface area contributed by atoms with Gasteiger partial charge in [0.05, 0.1) is 12.1 Å². The summed E-state index contributed by atoms with van der Waals surface area (Å²) in [5, 5.41) is 2.99. The minimum absolute atomic E-state index is 0. The van der Waals surface area contributed by atoms with E-state index in [2.05, 4.69) is 10.3 Å². The zero-order valence-electron chi connectivity index (χ0n) is 11.8. The Balaban J connectivity index is 0.00000242. The van der Waals surface area contributed by atoms with Crippen LogP contribution in [0.1, 0.15) is 36.8 Å². The average Bonchev–Trinajstić information content (AvgIpc) is 2.89. The molecule has 1 aliphatic carbocycles. The van der Waals surface area contributed by atoms with Gasteiger partial charge in [0.2, 0.25) is 0 Å². The molecule has 0 amide bonds. The third-order valence-corrected chi connectivity index (χ3v) is 3.50. The number of benzene rings is 1. The first-order valence-electron chi connectivity index (χ1n) is 6.78. The van der Waals surface area contributed by atoms with Crippen LogP contribution < -0.4 is 11.1 Å². The molecule has 8 heteroatoms. The Morgan fingerprint density at radius 1 is 1.27 bits per heavy atom. The van der Waals surface area contributed by atoms with E-state index in [1.807, 2.05) is 0 Å². The first kappa shape index (κ1) is 19.0. The van der Waals surface area contributed by atoms with Gasteiger partial charge in [0, 0.05) is 6.04 Å². The molecule has 3 N–H and O–H groups in total. The van der Waals surface area contributed by atoms with Gasteiger partial charge in [-0.15, -0.1) is 24.0 Å². The highest BCUT2D eigenvalue weighted by Gasteiger charge is 2.33. The highest BCUT2D eigenvalue weighted by atomic mass is 127. The van der Waals surface area contributed by atoms with E-state index in [9.17, 15) is 17.6 Å². The first-order valence-corrected chi connectivity index (χ1v) is 6.78. The Labute approximate surface area is 143 Å². The number of nitrogens with zero attached hydrogens (tertiary/aromatic N) is 1. The van der Waals surface area contributed by atoms with Crippen LogP contribution in [0.5, 0.6) is 0 Å².